The molecule has 1 heterocycles. The van der Waals surface area contributed by atoms with Gasteiger partial charge in [0.15, 0.2) is 0 Å². The largest absolute Gasteiger partial charge is 0.469 e. The summed E-state index contributed by atoms with van der Waals surface area (Å²) in [4.78, 5) is 11.8. The molecule has 8 heteroatoms. The van der Waals surface area contributed by atoms with Crippen LogP contribution in [0.15, 0.2) is 29.2 Å². The number of hydrogen-bond acceptors (Lipinski definition) is 5. The van der Waals surface area contributed by atoms with Gasteiger partial charge >= 0.3 is 5.97 Å². The number of carbonyl (C=O) groups is 1. The molecule has 2 rings (SSSR count). The molecule has 1 unspecified atom stereocenters. The zero-order valence-corrected chi connectivity index (χ0v) is 13.3. The molecule has 0 aromatic heterocycles. The second-order valence-electron chi connectivity index (χ2n) is 4.79. The monoisotopic (exact) mass is 334 g/mol. The highest BCUT2D eigenvalue weighted by Crippen LogP contribution is 2.24. The zero-order chi connectivity index (χ0) is 14.8. The van der Waals surface area contributed by atoms with Gasteiger partial charge in [0.1, 0.15) is 0 Å². The van der Waals surface area contributed by atoms with Crippen molar-refractivity contribution in [1.29, 1.82) is 0 Å². The van der Waals surface area contributed by atoms with Crippen LogP contribution in [0.2, 0.25) is 0 Å². The first kappa shape index (κ1) is 17.7. The summed E-state index contributed by atoms with van der Waals surface area (Å²) in [7, 11) is -2.27. The van der Waals surface area contributed by atoms with Crippen LogP contribution in [0.3, 0.4) is 0 Å². The zero-order valence-electron chi connectivity index (χ0n) is 11.7. The summed E-state index contributed by atoms with van der Waals surface area (Å²) >= 11 is 0. The lowest BCUT2D eigenvalue weighted by Crippen LogP contribution is -2.42. The van der Waals surface area contributed by atoms with Crippen LogP contribution in [-0.4, -0.2) is 38.9 Å². The molecule has 0 saturated carbocycles. The first-order chi connectivity index (χ1) is 9.45. The second-order valence-corrected chi connectivity index (χ2v) is 6.73. The van der Waals surface area contributed by atoms with E-state index in [0.717, 1.165) is 0 Å². The molecule has 21 heavy (non-hydrogen) atoms. The van der Waals surface area contributed by atoms with Crippen LogP contribution >= 0.6 is 12.4 Å². The van der Waals surface area contributed by atoms with Gasteiger partial charge in [-0.1, -0.05) is 0 Å². The lowest BCUT2D eigenvalue weighted by molar-refractivity contribution is -0.146. The molecular formula is C13H19ClN2O4S. The van der Waals surface area contributed by atoms with E-state index in [9.17, 15) is 13.2 Å². The van der Waals surface area contributed by atoms with Crippen molar-refractivity contribution in [3.05, 3.63) is 24.3 Å². The van der Waals surface area contributed by atoms with Crippen LogP contribution in [0.25, 0.3) is 0 Å². The highest BCUT2D eigenvalue weighted by Gasteiger charge is 2.33. The molecule has 1 aromatic carbocycles. The van der Waals surface area contributed by atoms with Crippen molar-refractivity contribution in [2.45, 2.75) is 17.7 Å². The molecule has 1 aliphatic rings. The van der Waals surface area contributed by atoms with Gasteiger partial charge in [-0.3, -0.25) is 4.79 Å². The van der Waals surface area contributed by atoms with Crippen molar-refractivity contribution in [2.75, 3.05) is 25.9 Å². The molecular weight excluding hydrogens is 316 g/mol. The standard InChI is InChI=1S/C13H18N2O4S.ClH/c1-19-13(16)10-3-2-8-15(9-10)20(17,18)12-6-4-11(14)5-7-12;/h4-7,10H,2-3,8-9,14H2,1H3;1H. The molecule has 1 atom stereocenters. The average Bonchev–Trinajstić information content (AvgIpc) is 2.47. The molecule has 2 N–H and O–H groups in total. The highest BCUT2D eigenvalue weighted by molar-refractivity contribution is 7.89. The Kier molecular flexibility index (Phi) is 6.00. The SMILES string of the molecule is COC(=O)C1CCCN(S(=O)(=O)c2ccc(N)cc2)C1.Cl. The number of nitrogens with zero attached hydrogens (tertiary/aromatic N) is 1. The van der Waals surface area contributed by atoms with Crippen molar-refractivity contribution in [2.24, 2.45) is 5.92 Å². The number of halogens is 1. The molecule has 1 aromatic rings. The lowest BCUT2D eigenvalue weighted by Gasteiger charge is -2.30. The van der Waals surface area contributed by atoms with Gasteiger partial charge in [-0.25, -0.2) is 8.42 Å². The summed E-state index contributed by atoms with van der Waals surface area (Å²) in [5.41, 5.74) is 6.07. The number of sulfonamides is 1. The molecule has 0 aliphatic carbocycles. The third kappa shape index (κ3) is 3.87. The van der Waals surface area contributed by atoms with Crippen molar-refractivity contribution >= 4 is 34.1 Å². The molecule has 6 nitrogen and oxygen atoms in total. The van der Waals surface area contributed by atoms with E-state index in [1.165, 1.54) is 23.5 Å². The van der Waals surface area contributed by atoms with Crippen molar-refractivity contribution in [3.63, 3.8) is 0 Å². The Morgan fingerprint density at radius 1 is 1.33 bits per heavy atom. The lowest BCUT2D eigenvalue weighted by atomic mass is 10.0. The summed E-state index contributed by atoms with van der Waals surface area (Å²) < 4.78 is 31.0. The Balaban J connectivity index is 0.00000220. The molecule has 0 radical (unpaired) electrons. The Hall–Kier alpha value is -1.31. The Labute approximate surface area is 130 Å². The van der Waals surface area contributed by atoms with Gasteiger partial charge < -0.3 is 10.5 Å². The van der Waals surface area contributed by atoms with Gasteiger partial charge in [-0.05, 0) is 37.1 Å². The summed E-state index contributed by atoms with van der Waals surface area (Å²) in [6, 6.07) is 6.06. The van der Waals surface area contributed by atoms with Crippen LogP contribution in [0.4, 0.5) is 5.69 Å². The van der Waals surface area contributed by atoms with E-state index in [2.05, 4.69) is 0 Å². The number of rotatable bonds is 3. The van der Waals surface area contributed by atoms with E-state index in [4.69, 9.17) is 10.5 Å². The minimum absolute atomic E-state index is 0. The molecule has 118 valence electrons. The summed E-state index contributed by atoms with van der Waals surface area (Å²) in [6.45, 7) is 0.583. The number of benzene rings is 1. The number of nitrogens with two attached hydrogens (primary N) is 1. The van der Waals surface area contributed by atoms with E-state index < -0.39 is 15.9 Å². The predicted octanol–water partition coefficient (Wildman–Crippen LogP) is 1.26. The normalized spacial score (nSPS) is 19.6. The fourth-order valence-corrected chi connectivity index (χ4v) is 3.83. The molecule has 1 fully saturated rings. The maximum absolute atomic E-state index is 12.5. The second kappa shape index (κ2) is 7.11. The number of carbonyl (C=O) groups excluding carboxylic acids is 1. The predicted molar refractivity (Wildman–Crippen MR) is 81.6 cm³/mol. The van der Waals surface area contributed by atoms with Gasteiger partial charge in [0.05, 0.1) is 17.9 Å². The topological polar surface area (TPSA) is 89.7 Å². The first-order valence-electron chi connectivity index (χ1n) is 6.38. The van der Waals surface area contributed by atoms with E-state index in [0.29, 0.717) is 25.1 Å². The molecule has 1 aliphatic heterocycles. The number of nitrogen functional groups attached to an aromatic ring is 1. The number of piperidine rings is 1. The van der Waals surface area contributed by atoms with Crippen LogP contribution in [0, 0.1) is 5.92 Å². The number of ether oxygens (including phenoxy) is 1. The third-order valence-electron chi connectivity index (χ3n) is 3.44. The number of methoxy groups -OCH3 is 1. The van der Waals surface area contributed by atoms with Gasteiger partial charge in [0.25, 0.3) is 0 Å². The van der Waals surface area contributed by atoms with Crippen molar-refractivity contribution < 1.29 is 17.9 Å². The van der Waals surface area contributed by atoms with Crippen LogP contribution in [0.1, 0.15) is 12.8 Å². The fraction of sp³-hybridized carbons (Fsp3) is 0.462. The summed E-state index contributed by atoms with van der Waals surface area (Å²) in [5.74, 6) is -0.750. The van der Waals surface area contributed by atoms with Crippen LogP contribution < -0.4 is 5.73 Å². The van der Waals surface area contributed by atoms with Crippen molar-refractivity contribution in [3.8, 4) is 0 Å². The molecule has 0 bridgehead atoms. The first-order valence-corrected chi connectivity index (χ1v) is 7.82. The van der Waals surface area contributed by atoms with Gasteiger partial charge in [0.2, 0.25) is 10.0 Å². The maximum Gasteiger partial charge on any atom is 0.309 e. The Bertz CT molecular complexity index is 589. The smallest absolute Gasteiger partial charge is 0.309 e. The average molecular weight is 335 g/mol. The quantitative estimate of drug-likeness (QED) is 0.664. The summed E-state index contributed by atoms with van der Waals surface area (Å²) in [6.07, 6.45) is 1.30. The molecule has 0 amide bonds. The number of hydrogen-bond donors (Lipinski definition) is 1. The summed E-state index contributed by atoms with van der Waals surface area (Å²) in [5, 5.41) is 0. The van der Waals surface area contributed by atoms with Gasteiger partial charge in [-0.15, -0.1) is 12.4 Å². The Morgan fingerprint density at radius 3 is 2.52 bits per heavy atom. The van der Waals surface area contributed by atoms with E-state index in [1.54, 1.807) is 12.1 Å². The van der Waals surface area contributed by atoms with Gasteiger partial charge in [-0.2, -0.15) is 4.31 Å². The number of esters is 1. The van der Waals surface area contributed by atoms with E-state index >= 15 is 0 Å². The Morgan fingerprint density at radius 2 is 1.95 bits per heavy atom. The highest BCUT2D eigenvalue weighted by atomic mass is 35.5. The number of anilines is 1. The molecule has 0 spiro atoms. The van der Waals surface area contributed by atoms with Gasteiger partial charge in [0, 0.05) is 18.8 Å². The van der Waals surface area contributed by atoms with Crippen LogP contribution in [0.5, 0.6) is 0 Å². The maximum atomic E-state index is 12.5. The molecule has 1 saturated heterocycles. The fourth-order valence-electron chi connectivity index (χ4n) is 2.31. The van der Waals surface area contributed by atoms with E-state index in [1.807, 2.05) is 0 Å². The minimum atomic E-state index is -3.58. The van der Waals surface area contributed by atoms with Crippen LogP contribution in [-0.2, 0) is 19.6 Å². The van der Waals surface area contributed by atoms with E-state index in [-0.39, 0.29) is 29.8 Å². The minimum Gasteiger partial charge on any atom is -0.469 e. The van der Waals surface area contributed by atoms with Crippen molar-refractivity contribution in [1.82, 2.24) is 4.31 Å². The third-order valence-corrected chi connectivity index (χ3v) is 5.32.